The first-order chi connectivity index (χ1) is 12.3. The molecule has 0 atom stereocenters. The van der Waals surface area contributed by atoms with Gasteiger partial charge < -0.3 is 9.80 Å². The lowest BCUT2D eigenvalue weighted by Crippen LogP contribution is -2.44. The maximum absolute atomic E-state index is 13.2. The summed E-state index contributed by atoms with van der Waals surface area (Å²) in [5.41, 5.74) is 1.21. The monoisotopic (exact) mass is 379 g/mol. The van der Waals surface area contributed by atoms with E-state index < -0.39 is 10.0 Å². The van der Waals surface area contributed by atoms with E-state index in [1.165, 1.54) is 10.6 Å². The fourth-order valence-electron chi connectivity index (χ4n) is 3.75. The zero-order valence-electron chi connectivity index (χ0n) is 15.2. The molecule has 1 saturated heterocycles. The highest BCUT2D eigenvalue weighted by Crippen LogP contribution is 2.35. The lowest BCUT2D eigenvalue weighted by atomic mass is 9.95. The molecule has 1 aromatic carbocycles. The number of amides is 2. The van der Waals surface area contributed by atoms with Crippen molar-refractivity contribution in [3.05, 3.63) is 24.3 Å². The molecule has 0 unspecified atom stereocenters. The molecule has 2 heterocycles. The Morgan fingerprint density at radius 3 is 2.19 bits per heavy atom. The molecule has 0 aromatic heterocycles. The summed E-state index contributed by atoms with van der Waals surface area (Å²) in [6.45, 7) is 3.59. The molecule has 0 aliphatic carbocycles. The van der Waals surface area contributed by atoms with Crippen molar-refractivity contribution in [2.75, 3.05) is 41.6 Å². The topological polar surface area (TPSA) is 78.0 Å². The normalized spacial score (nSPS) is 19.1. The molecule has 0 saturated carbocycles. The van der Waals surface area contributed by atoms with Gasteiger partial charge in [-0.2, -0.15) is 0 Å². The molecule has 7 nitrogen and oxygen atoms in total. The first kappa shape index (κ1) is 18.7. The Morgan fingerprint density at radius 2 is 1.62 bits per heavy atom. The highest BCUT2D eigenvalue weighted by molar-refractivity contribution is 7.92. The predicted octanol–water partition coefficient (Wildman–Crippen LogP) is 1.45. The number of piperidine rings is 1. The lowest BCUT2D eigenvalue weighted by molar-refractivity contribution is -0.133. The van der Waals surface area contributed by atoms with Gasteiger partial charge in [0, 0.05) is 39.0 Å². The van der Waals surface area contributed by atoms with Gasteiger partial charge in [0.15, 0.2) is 0 Å². The summed E-state index contributed by atoms with van der Waals surface area (Å²) in [7, 11) is -3.40. The highest BCUT2D eigenvalue weighted by Gasteiger charge is 2.33. The van der Waals surface area contributed by atoms with Gasteiger partial charge in [-0.15, -0.1) is 0 Å². The molecule has 2 amide bonds. The van der Waals surface area contributed by atoms with E-state index in [1.807, 2.05) is 6.07 Å². The maximum Gasteiger partial charge on any atom is 0.232 e. The Labute approximate surface area is 154 Å². The van der Waals surface area contributed by atoms with Gasteiger partial charge >= 0.3 is 0 Å². The number of carbonyl (C=O) groups is 2. The number of anilines is 2. The van der Waals surface area contributed by atoms with Crippen LogP contribution in [0.1, 0.15) is 26.2 Å². The Hall–Kier alpha value is -2.09. The van der Waals surface area contributed by atoms with Crippen molar-refractivity contribution >= 4 is 33.2 Å². The van der Waals surface area contributed by atoms with E-state index in [2.05, 4.69) is 0 Å². The zero-order valence-corrected chi connectivity index (χ0v) is 16.0. The van der Waals surface area contributed by atoms with E-state index in [0.29, 0.717) is 56.8 Å². The van der Waals surface area contributed by atoms with Crippen LogP contribution in [0.4, 0.5) is 11.4 Å². The average Bonchev–Trinajstić information content (AvgIpc) is 2.80. The molecule has 3 rings (SSSR count). The Kier molecular flexibility index (Phi) is 5.22. The van der Waals surface area contributed by atoms with Gasteiger partial charge in [-0.3, -0.25) is 13.9 Å². The van der Waals surface area contributed by atoms with E-state index >= 15 is 0 Å². The molecule has 0 bridgehead atoms. The van der Waals surface area contributed by atoms with Crippen LogP contribution in [0.15, 0.2) is 24.3 Å². The summed E-state index contributed by atoms with van der Waals surface area (Å²) in [4.78, 5) is 28.1. The van der Waals surface area contributed by atoms with Crippen molar-refractivity contribution in [3.8, 4) is 0 Å². The minimum absolute atomic E-state index is 0.0241. The number of fused-ring (bicyclic) bond motifs is 1. The second kappa shape index (κ2) is 7.26. The van der Waals surface area contributed by atoms with Gasteiger partial charge in [0.05, 0.1) is 17.6 Å². The number of hydrogen-bond donors (Lipinski definition) is 0. The van der Waals surface area contributed by atoms with Crippen molar-refractivity contribution in [2.45, 2.75) is 26.2 Å². The summed E-state index contributed by atoms with van der Waals surface area (Å²) < 4.78 is 25.7. The molecule has 0 N–H and O–H groups in total. The third-order valence-corrected chi connectivity index (χ3v) is 6.32. The molecule has 1 fully saturated rings. The SMILES string of the molecule is CC(=O)N1CCC(C(=O)N2CCCN(S(C)(=O)=O)c3ccccc32)CC1. The molecule has 2 aliphatic heterocycles. The minimum atomic E-state index is -3.40. The number of likely N-dealkylation sites (tertiary alicyclic amines) is 1. The molecule has 8 heteroatoms. The van der Waals surface area contributed by atoms with Crippen LogP contribution < -0.4 is 9.21 Å². The quantitative estimate of drug-likeness (QED) is 0.779. The van der Waals surface area contributed by atoms with Crippen LogP contribution in [0.5, 0.6) is 0 Å². The zero-order chi connectivity index (χ0) is 18.9. The van der Waals surface area contributed by atoms with Crippen molar-refractivity contribution in [1.29, 1.82) is 0 Å². The molecule has 0 spiro atoms. The van der Waals surface area contributed by atoms with Gasteiger partial charge in [-0.1, -0.05) is 12.1 Å². The standard InChI is InChI=1S/C18H25N3O4S/c1-14(22)19-12-8-15(9-13-19)18(23)20-10-5-11-21(26(2,24)25)17-7-4-3-6-16(17)20/h3-4,6-7,15H,5,8-13H2,1-2H3. The first-order valence-corrected chi connectivity index (χ1v) is 10.8. The molecule has 142 valence electrons. The second-order valence-electron chi connectivity index (χ2n) is 6.95. The summed E-state index contributed by atoms with van der Waals surface area (Å²) >= 11 is 0. The van der Waals surface area contributed by atoms with Crippen LogP contribution in [-0.2, 0) is 19.6 Å². The third-order valence-electron chi connectivity index (χ3n) is 5.14. The van der Waals surface area contributed by atoms with Crippen molar-refractivity contribution in [1.82, 2.24) is 4.90 Å². The first-order valence-electron chi connectivity index (χ1n) is 8.92. The number of nitrogens with zero attached hydrogens (tertiary/aromatic N) is 3. The fraction of sp³-hybridized carbons (Fsp3) is 0.556. The number of sulfonamides is 1. The summed E-state index contributed by atoms with van der Waals surface area (Å²) in [6.07, 6.45) is 3.07. The predicted molar refractivity (Wildman–Crippen MR) is 101 cm³/mol. The number of benzene rings is 1. The summed E-state index contributed by atoms with van der Waals surface area (Å²) in [5.74, 6) is -0.0701. The van der Waals surface area contributed by atoms with Crippen molar-refractivity contribution in [3.63, 3.8) is 0 Å². The smallest absolute Gasteiger partial charge is 0.232 e. The Bertz CT molecular complexity index is 800. The van der Waals surface area contributed by atoms with E-state index in [0.717, 1.165) is 0 Å². The third kappa shape index (κ3) is 3.70. The number of hydrogen-bond acceptors (Lipinski definition) is 4. The largest absolute Gasteiger partial charge is 0.343 e. The van der Waals surface area contributed by atoms with Crippen LogP contribution in [-0.4, -0.2) is 57.6 Å². The van der Waals surface area contributed by atoms with Crippen molar-refractivity contribution in [2.24, 2.45) is 5.92 Å². The van der Waals surface area contributed by atoms with Crippen LogP contribution in [0.3, 0.4) is 0 Å². The van der Waals surface area contributed by atoms with Crippen LogP contribution in [0.25, 0.3) is 0 Å². The number of rotatable bonds is 2. The fourth-order valence-corrected chi connectivity index (χ4v) is 4.72. The minimum Gasteiger partial charge on any atom is -0.343 e. The Balaban J connectivity index is 1.86. The van der Waals surface area contributed by atoms with Crippen molar-refractivity contribution < 1.29 is 18.0 Å². The van der Waals surface area contributed by atoms with E-state index in [1.54, 1.807) is 34.9 Å². The van der Waals surface area contributed by atoms with E-state index in [4.69, 9.17) is 0 Å². The van der Waals surface area contributed by atoms with Gasteiger partial charge in [0.2, 0.25) is 21.8 Å². The molecule has 0 radical (unpaired) electrons. The molecule has 26 heavy (non-hydrogen) atoms. The molecular formula is C18H25N3O4S. The van der Waals surface area contributed by atoms with E-state index in [9.17, 15) is 18.0 Å². The molecule has 1 aromatic rings. The summed E-state index contributed by atoms with van der Waals surface area (Å²) in [6, 6.07) is 7.17. The van der Waals surface area contributed by atoms with Crippen LogP contribution in [0, 0.1) is 5.92 Å². The van der Waals surface area contributed by atoms with Crippen LogP contribution >= 0.6 is 0 Å². The maximum atomic E-state index is 13.2. The van der Waals surface area contributed by atoms with Gasteiger partial charge in [0.25, 0.3) is 0 Å². The van der Waals surface area contributed by atoms with Gasteiger partial charge in [-0.05, 0) is 31.4 Å². The Morgan fingerprint density at radius 1 is 1.00 bits per heavy atom. The number of para-hydroxylation sites is 2. The number of carbonyl (C=O) groups excluding carboxylic acids is 2. The molecule has 2 aliphatic rings. The second-order valence-corrected chi connectivity index (χ2v) is 8.85. The average molecular weight is 379 g/mol. The summed E-state index contributed by atoms with van der Waals surface area (Å²) in [5, 5.41) is 0. The highest BCUT2D eigenvalue weighted by atomic mass is 32.2. The van der Waals surface area contributed by atoms with Crippen LogP contribution in [0.2, 0.25) is 0 Å². The van der Waals surface area contributed by atoms with E-state index in [-0.39, 0.29) is 17.7 Å². The van der Waals surface area contributed by atoms with Gasteiger partial charge in [-0.25, -0.2) is 8.42 Å². The molecular weight excluding hydrogens is 354 g/mol. The lowest BCUT2D eigenvalue weighted by Gasteiger charge is -2.34. The van der Waals surface area contributed by atoms with Gasteiger partial charge in [0.1, 0.15) is 0 Å².